The van der Waals surface area contributed by atoms with E-state index in [1.165, 1.54) is 38.8 Å². The quantitative estimate of drug-likeness (QED) is 0.731. The fourth-order valence-corrected chi connectivity index (χ4v) is 2.15. The van der Waals surface area contributed by atoms with Crippen molar-refractivity contribution < 1.29 is 4.79 Å². The first-order valence-electron chi connectivity index (χ1n) is 6.33. The van der Waals surface area contributed by atoms with E-state index in [1.807, 2.05) is 0 Å². The Balaban J connectivity index is 2.21. The molecule has 0 bridgehead atoms. The Morgan fingerprint density at radius 1 is 1.25 bits per heavy atom. The Hall–Kier alpha value is -0.610. The maximum Gasteiger partial charge on any atom is 0.237 e. The molecule has 16 heavy (non-hydrogen) atoms. The normalized spacial score (nSPS) is 22.4. The molecule has 4 N–H and O–H groups in total. The van der Waals surface area contributed by atoms with E-state index in [2.05, 4.69) is 4.90 Å². The molecule has 1 aliphatic heterocycles. The molecule has 1 atom stereocenters. The predicted octanol–water partition coefficient (Wildman–Crippen LogP) is 0.845. The number of likely N-dealkylation sites (tertiary alicyclic amines) is 1. The Morgan fingerprint density at radius 2 is 1.81 bits per heavy atom. The van der Waals surface area contributed by atoms with Gasteiger partial charge in [0.25, 0.3) is 0 Å². The van der Waals surface area contributed by atoms with E-state index >= 15 is 0 Å². The van der Waals surface area contributed by atoms with E-state index in [4.69, 9.17) is 11.5 Å². The van der Waals surface area contributed by atoms with Gasteiger partial charge in [0, 0.05) is 0 Å². The summed E-state index contributed by atoms with van der Waals surface area (Å²) in [5.41, 5.74) is 10.2. The van der Waals surface area contributed by atoms with Gasteiger partial charge < -0.3 is 16.4 Å². The second-order valence-corrected chi connectivity index (χ2v) is 5.14. The molecular formula is C12H25N3O. The number of carbonyl (C=O) groups excluding carboxylic acids is 1. The highest BCUT2D eigenvalue weighted by atomic mass is 16.1. The highest BCUT2D eigenvalue weighted by molar-refractivity contribution is 5.83. The molecule has 1 saturated heterocycles. The molecule has 0 radical (unpaired) electrons. The largest absolute Gasteiger partial charge is 0.368 e. The number of nitrogens with zero attached hydrogens (tertiary/aromatic N) is 1. The van der Waals surface area contributed by atoms with Crippen molar-refractivity contribution >= 4 is 5.91 Å². The lowest BCUT2D eigenvalue weighted by Crippen LogP contribution is -2.49. The van der Waals surface area contributed by atoms with Gasteiger partial charge in [-0.3, -0.25) is 4.79 Å². The molecule has 1 unspecified atom stereocenters. The zero-order valence-corrected chi connectivity index (χ0v) is 10.4. The Kier molecular flexibility index (Phi) is 5.22. The van der Waals surface area contributed by atoms with Crippen LogP contribution < -0.4 is 11.5 Å². The summed E-state index contributed by atoms with van der Waals surface area (Å²) in [6.45, 7) is 5.15. The van der Waals surface area contributed by atoms with Crippen LogP contribution in [0, 0.1) is 0 Å². The first-order chi connectivity index (χ1) is 7.52. The lowest BCUT2D eigenvalue weighted by atomic mass is 9.96. The molecule has 1 amide bonds. The Labute approximate surface area is 98.3 Å². The van der Waals surface area contributed by atoms with Crippen LogP contribution in [0.1, 0.15) is 45.4 Å². The zero-order chi connectivity index (χ0) is 12.0. The van der Waals surface area contributed by atoms with Gasteiger partial charge in [-0.25, -0.2) is 0 Å². The Bertz CT molecular complexity index is 220. The molecule has 1 heterocycles. The van der Waals surface area contributed by atoms with E-state index in [0.717, 1.165) is 13.0 Å². The summed E-state index contributed by atoms with van der Waals surface area (Å²) in [5.74, 6) is -0.400. The third-order valence-corrected chi connectivity index (χ3v) is 3.43. The molecule has 0 aliphatic carbocycles. The molecular weight excluding hydrogens is 202 g/mol. The molecule has 0 aromatic carbocycles. The highest BCUT2D eigenvalue weighted by Crippen LogP contribution is 2.13. The molecule has 4 nitrogen and oxygen atoms in total. The van der Waals surface area contributed by atoms with Gasteiger partial charge >= 0.3 is 0 Å². The molecule has 4 heteroatoms. The molecule has 0 saturated carbocycles. The zero-order valence-electron chi connectivity index (χ0n) is 10.4. The standard InChI is InChI=1S/C12H25N3O/c1-12(14,11(13)16)7-6-10-15-8-4-2-3-5-9-15/h2-10,14H2,1H3,(H2,13,16). The highest BCUT2D eigenvalue weighted by Gasteiger charge is 2.25. The van der Waals surface area contributed by atoms with Gasteiger partial charge in [-0.15, -0.1) is 0 Å². The van der Waals surface area contributed by atoms with Gasteiger partial charge in [0.15, 0.2) is 0 Å². The van der Waals surface area contributed by atoms with Gasteiger partial charge in [-0.1, -0.05) is 12.8 Å². The number of carbonyl (C=O) groups is 1. The van der Waals surface area contributed by atoms with Gasteiger partial charge in [0.1, 0.15) is 0 Å². The van der Waals surface area contributed by atoms with Crippen molar-refractivity contribution in [1.82, 2.24) is 4.90 Å². The van der Waals surface area contributed by atoms with Crippen LogP contribution in [0.2, 0.25) is 0 Å². The number of nitrogens with two attached hydrogens (primary N) is 2. The molecule has 1 rings (SSSR count). The summed E-state index contributed by atoms with van der Waals surface area (Å²) >= 11 is 0. The number of rotatable bonds is 5. The van der Waals surface area contributed by atoms with Crippen LogP contribution in [0.25, 0.3) is 0 Å². The fraction of sp³-hybridized carbons (Fsp3) is 0.917. The minimum absolute atomic E-state index is 0.400. The summed E-state index contributed by atoms with van der Waals surface area (Å²) in [6, 6.07) is 0. The summed E-state index contributed by atoms with van der Waals surface area (Å²) in [5, 5.41) is 0. The first-order valence-corrected chi connectivity index (χ1v) is 6.33. The van der Waals surface area contributed by atoms with Crippen LogP contribution in [0.4, 0.5) is 0 Å². The summed E-state index contributed by atoms with van der Waals surface area (Å²) in [6.07, 6.45) is 6.94. The molecule has 1 fully saturated rings. The Morgan fingerprint density at radius 3 is 2.31 bits per heavy atom. The average Bonchev–Trinajstić information content (AvgIpc) is 2.46. The van der Waals surface area contributed by atoms with Crippen molar-refractivity contribution in [2.75, 3.05) is 19.6 Å². The van der Waals surface area contributed by atoms with E-state index in [-0.39, 0.29) is 0 Å². The lowest BCUT2D eigenvalue weighted by Gasteiger charge is -2.24. The van der Waals surface area contributed by atoms with Gasteiger partial charge in [0.05, 0.1) is 5.54 Å². The minimum Gasteiger partial charge on any atom is -0.368 e. The van der Waals surface area contributed by atoms with Gasteiger partial charge in [-0.05, 0) is 52.2 Å². The molecule has 0 aromatic heterocycles. The summed E-state index contributed by atoms with van der Waals surface area (Å²) < 4.78 is 0. The fourth-order valence-electron chi connectivity index (χ4n) is 2.15. The van der Waals surface area contributed by atoms with Crippen molar-refractivity contribution in [3.05, 3.63) is 0 Å². The van der Waals surface area contributed by atoms with Crippen molar-refractivity contribution in [2.24, 2.45) is 11.5 Å². The minimum atomic E-state index is -0.841. The molecule has 0 aromatic rings. The first kappa shape index (κ1) is 13.5. The van der Waals surface area contributed by atoms with Crippen molar-refractivity contribution in [2.45, 2.75) is 51.0 Å². The van der Waals surface area contributed by atoms with Crippen LogP contribution in [0.3, 0.4) is 0 Å². The molecule has 1 aliphatic rings. The van der Waals surface area contributed by atoms with Crippen LogP contribution in [-0.2, 0) is 4.79 Å². The van der Waals surface area contributed by atoms with Crippen LogP contribution in [-0.4, -0.2) is 36.0 Å². The topological polar surface area (TPSA) is 72.3 Å². The number of hydrogen-bond donors (Lipinski definition) is 2. The van der Waals surface area contributed by atoms with Crippen LogP contribution in [0.5, 0.6) is 0 Å². The number of primary amides is 1. The van der Waals surface area contributed by atoms with Gasteiger partial charge in [-0.2, -0.15) is 0 Å². The SMILES string of the molecule is CC(N)(CCCN1CCCCCC1)C(N)=O. The van der Waals surface area contributed by atoms with E-state index in [9.17, 15) is 4.79 Å². The third kappa shape index (κ3) is 4.49. The number of amides is 1. The average molecular weight is 227 g/mol. The van der Waals surface area contributed by atoms with Crippen molar-refractivity contribution in [3.63, 3.8) is 0 Å². The maximum atomic E-state index is 11.0. The lowest BCUT2D eigenvalue weighted by molar-refractivity contribution is -0.122. The summed E-state index contributed by atoms with van der Waals surface area (Å²) in [4.78, 5) is 13.5. The second-order valence-electron chi connectivity index (χ2n) is 5.14. The monoisotopic (exact) mass is 227 g/mol. The van der Waals surface area contributed by atoms with Crippen molar-refractivity contribution in [1.29, 1.82) is 0 Å². The van der Waals surface area contributed by atoms with E-state index in [1.54, 1.807) is 6.92 Å². The predicted molar refractivity (Wildman–Crippen MR) is 65.9 cm³/mol. The van der Waals surface area contributed by atoms with Crippen molar-refractivity contribution in [3.8, 4) is 0 Å². The van der Waals surface area contributed by atoms with Crippen LogP contribution >= 0.6 is 0 Å². The van der Waals surface area contributed by atoms with Gasteiger partial charge in [0.2, 0.25) is 5.91 Å². The smallest absolute Gasteiger partial charge is 0.237 e. The molecule has 94 valence electrons. The molecule has 0 spiro atoms. The summed E-state index contributed by atoms with van der Waals surface area (Å²) in [7, 11) is 0. The number of hydrogen-bond acceptors (Lipinski definition) is 3. The van der Waals surface area contributed by atoms with E-state index in [0.29, 0.717) is 6.42 Å². The third-order valence-electron chi connectivity index (χ3n) is 3.43. The second kappa shape index (κ2) is 6.21. The maximum absolute atomic E-state index is 11.0. The van der Waals surface area contributed by atoms with E-state index < -0.39 is 11.4 Å². The van der Waals surface area contributed by atoms with Crippen LogP contribution in [0.15, 0.2) is 0 Å².